The van der Waals surface area contributed by atoms with Crippen molar-refractivity contribution in [3.63, 3.8) is 0 Å². The van der Waals surface area contributed by atoms with Gasteiger partial charge in [0.25, 0.3) is 17.4 Å². The zero-order chi connectivity index (χ0) is 29.7. The van der Waals surface area contributed by atoms with E-state index in [2.05, 4.69) is 4.98 Å². The number of amides is 2. The van der Waals surface area contributed by atoms with E-state index in [0.29, 0.717) is 46.6 Å². The van der Waals surface area contributed by atoms with Crippen LogP contribution in [0.4, 0.5) is 0 Å². The summed E-state index contributed by atoms with van der Waals surface area (Å²) in [7, 11) is 1.65. The molecule has 214 valence electrons. The van der Waals surface area contributed by atoms with Gasteiger partial charge < -0.3 is 15.5 Å². The van der Waals surface area contributed by atoms with E-state index in [1.54, 1.807) is 55.7 Å². The van der Waals surface area contributed by atoms with Gasteiger partial charge in [-0.25, -0.2) is 9.97 Å². The predicted octanol–water partition coefficient (Wildman–Crippen LogP) is 4.47. The van der Waals surface area contributed by atoms with Gasteiger partial charge in [-0.3, -0.25) is 19.0 Å². The molecular formula is C30H32Cl2N6O3. The Morgan fingerprint density at radius 2 is 1.80 bits per heavy atom. The number of nitrogens with zero attached hydrogens (tertiary/aromatic N) is 5. The first-order chi connectivity index (χ1) is 19.6. The molecule has 0 saturated heterocycles. The van der Waals surface area contributed by atoms with Gasteiger partial charge in [-0.15, -0.1) is 0 Å². The van der Waals surface area contributed by atoms with Crippen molar-refractivity contribution in [3.8, 4) is 0 Å². The molecule has 0 fully saturated rings. The molecule has 2 heterocycles. The first kappa shape index (κ1) is 30.2. The lowest BCUT2D eigenvalue weighted by Crippen LogP contribution is -2.47. The molecule has 0 spiro atoms. The summed E-state index contributed by atoms with van der Waals surface area (Å²) >= 11 is 12.4. The Balaban J connectivity index is 2.01. The number of carbonyl (C=O) groups excluding carboxylic acids is 2. The summed E-state index contributed by atoms with van der Waals surface area (Å²) in [6.07, 6.45) is 1.97. The average molecular weight is 596 g/mol. The Bertz CT molecular complexity index is 1620. The van der Waals surface area contributed by atoms with Gasteiger partial charge in [0.1, 0.15) is 11.0 Å². The lowest BCUT2D eigenvalue weighted by Gasteiger charge is -2.34. The minimum Gasteiger partial charge on any atom is -0.344 e. The Morgan fingerprint density at radius 1 is 1.07 bits per heavy atom. The Kier molecular flexibility index (Phi) is 9.75. The number of hydrogen-bond acceptors (Lipinski definition) is 6. The number of nitrogens with two attached hydrogens (primary N) is 1. The first-order valence-corrected chi connectivity index (χ1v) is 14.0. The summed E-state index contributed by atoms with van der Waals surface area (Å²) in [5.41, 5.74) is 7.87. The average Bonchev–Trinajstić information content (AvgIpc) is 2.96. The number of carbonyl (C=O) groups is 2. The van der Waals surface area contributed by atoms with E-state index in [4.69, 9.17) is 33.9 Å². The van der Waals surface area contributed by atoms with Crippen molar-refractivity contribution in [1.82, 2.24) is 24.3 Å². The van der Waals surface area contributed by atoms with Crippen molar-refractivity contribution >= 4 is 45.9 Å². The molecule has 4 aromatic rings. The first-order valence-electron chi connectivity index (χ1n) is 13.3. The second-order valence-corrected chi connectivity index (χ2v) is 10.6. The van der Waals surface area contributed by atoms with Gasteiger partial charge in [0.15, 0.2) is 6.04 Å². The van der Waals surface area contributed by atoms with Crippen LogP contribution in [0.5, 0.6) is 0 Å². The largest absolute Gasteiger partial charge is 0.344 e. The van der Waals surface area contributed by atoms with Crippen molar-refractivity contribution in [2.24, 2.45) is 5.73 Å². The highest BCUT2D eigenvalue weighted by Crippen LogP contribution is 2.27. The van der Waals surface area contributed by atoms with Crippen molar-refractivity contribution in [3.05, 3.63) is 104 Å². The zero-order valence-electron chi connectivity index (χ0n) is 23.2. The van der Waals surface area contributed by atoms with Crippen molar-refractivity contribution in [2.45, 2.75) is 32.9 Å². The molecule has 0 aliphatic rings. The molecule has 0 aliphatic heterocycles. The molecule has 0 aliphatic carbocycles. The van der Waals surface area contributed by atoms with Gasteiger partial charge in [-0.1, -0.05) is 40.9 Å². The number of rotatable bonds is 10. The molecule has 1 atom stereocenters. The second kappa shape index (κ2) is 13.2. The number of aryl methyl sites for hydroxylation is 1. The third kappa shape index (κ3) is 6.75. The van der Waals surface area contributed by atoms with Crippen LogP contribution in [0.25, 0.3) is 10.9 Å². The van der Waals surface area contributed by atoms with E-state index < -0.39 is 6.04 Å². The summed E-state index contributed by atoms with van der Waals surface area (Å²) in [5.74, 6) is -0.652. The van der Waals surface area contributed by atoms with Crippen molar-refractivity contribution in [2.75, 3.05) is 26.7 Å². The number of benzene rings is 2. The van der Waals surface area contributed by atoms with Crippen LogP contribution in [0.1, 0.15) is 46.7 Å². The number of aromatic nitrogens is 3. The minimum absolute atomic E-state index is 0.0467. The summed E-state index contributed by atoms with van der Waals surface area (Å²) in [4.78, 5) is 54.0. The Hall–Kier alpha value is -3.79. The van der Waals surface area contributed by atoms with E-state index >= 15 is 0 Å². The standard InChI is InChI=1S/C30H32Cl2N6O3/c1-4-36(3)30(41)26(37(15-5-13-33)28(39)21-8-6-19(2)7-9-21)27-35-24-17-22(31)10-11-23(24)29(40)38(27)18-20-12-14-34-25(32)16-20/h6-12,14,16-17,26H,4-5,13,15,18,33H2,1-3H3. The minimum atomic E-state index is -1.23. The van der Waals surface area contributed by atoms with Gasteiger partial charge in [-0.05, 0) is 74.8 Å². The predicted molar refractivity (Wildman–Crippen MR) is 161 cm³/mol. The van der Waals surface area contributed by atoms with Crippen molar-refractivity contribution < 1.29 is 9.59 Å². The van der Waals surface area contributed by atoms with Crippen LogP contribution >= 0.6 is 23.2 Å². The SMILES string of the molecule is CCN(C)C(=O)C(c1nc2cc(Cl)ccc2c(=O)n1Cc1ccnc(Cl)c1)N(CCCN)C(=O)c1ccc(C)cc1. The van der Waals surface area contributed by atoms with Crippen LogP contribution in [-0.4, -0.2) is 62.8 Å². The highest BCUT2D eigenvalue weighted by Gasteiger charge is 2.37. The molecule has 2 amide bonds. The third-order valence-electron chi connectivity index (χ3n) is 6.88. The van der Waals surface area contributed by atoms with Crippen LogP contribution in [0.15, 0.2) is 65.6 Å². The molecule has 2 aromatic heterocycles. The summed E-state index contributed by atoms with van der Waals surface area (Å²) < 4.78 is 1.42. The van der Waals surface area contributed by atoms with Gasteiger partial charge >= 0.3 is 0 Å². The van der Waals surface area contributed by atoms with Crippen molar-refractivity contribution in [1.29, 1.82) is 0 Å². The maximum Gasteiger partial charge on any atom is 0.261 e. The van der Waals surface area contributed by atoms with Crippen LogP contribution in [0.2, 0.25) is 10.2 Å². The molecule has 9 nitrogen and oxygen atoms in total. The molecule has 0 saturated carbocycles. The van der Waals surface area contributed by atoms with Gasteiger partial charge in [0, 0.05) is 36.9 Å². The van der Waals surface area contributed by atoms with Crippen LogP contribution in [-0.2, 0) is 11.3 Å². The molecule has 2 N–H and O–H groups in total. The Labute approximate surface area is 248 Å². The maximum absolute atomic E-state index is 14.1. The quantitative estimate of drug-likeness (QED) is 0.271. The third-order valence-corrected chi connectivity index (χ3v) is 7.32. The fourth-order valence-electron chi connectivity index (χ4n) is 4.52. The number of halogens is 2. The van der Waals surface area contributed by atoms with E-state index in [1.165, 1.54) is 14.4 Å². The number of hydrogen-bond donors (Lipinski definition) is 1. The zero-order valence-corrected chi connectivity index (χ0v) is 24.7. The fraction of sp³-hybridized carbons (Fsp3) is 0.300. The van der Waals surface area contributed by atoms with Gasteiger partial charge in [0.2, 0.25) is 0 Å². The summed E-state index contributed by atoms with van der Waals surface area (Å²) in [6, 6.07) is 14.0. The van der Waals surface area contributed by atoms with Crippen LogP contribution in [0, 0.1) is 6.92 Å². The van der Waals surface area contributed by atoms with Crippen LogP contribution < -0.4 is 11.3 Å². The summed E-state index contributed by atoms with van der Waals surface area (Å²) in [5, 5.41) is 0.972. The molecule has 0 bridgehead atoms. The molecule has 41 heavy (non-hydrogen) atoms. The van der Waals surface area contributed by atoms with E-state index in [0.717, 1.165) is 5.56 Å². The van der Waals surface area contributed by atoms with E-state index in [9.17, 15) is 14.4 Å². The monoisotopic (exact) mass is 594 g/mol. The molecule has 4 rings (SSSR count). The highest BCUT2D eigenvalue weighted by molar-refractivity contribution is 6.31. The Morgan fingerprint density at radius 3 is 2.46 bits per heavy atom. The lowest BCUT2D eigenvalue weighted by molar-refractivity contribution is -0.135. The normalized spacial score (nSPS) is 11.9. The number of pyridine rings is 1. The van der Waals surface area contributed by atoms with E-state index in [-0.39, 0.29) is 41.4 Å². The molecule has 1 unspecified atom stereocenters. The molecule has 11 heteroatoms. The summed E-state index contributed by atoms with van der Waals surface area (Å²) in [6.45, 7) is 4.65. The highest BCUT2D eigenvalue weighted by atomic mass is 35.5. The number of fused-ring (bicyclic) bond motifs is 1. The van der Waals surface area contributed by atoms with Crippen LogP contribution in [0.3, 0.4) is 0 Å². The second-order valence-electron chi connectivity index (χ2n) is 9.77. The lowest BCUT2D eigenvalue weighted by atomic mass is 10.1. The molecule has 0 radical (unpaired) electrons. The topological polar surface area (TPSA) is 114 Å². The number of likely N-dealkylation sites (N-methyl/N-ethyl adjacent to an activating group) is 1. The smallest absolute Gasteiger partial charge is 0.261 e. The van der Waals surface area contributed by atoms with Gasteiger partial charge in [0.05, 0.1) is 17.4 Å². The van der Waals surface area contributed by atoms with Gasteiger partial charge in [-0.2, -0.15) is 0 Å². The van der Waals surface area contributed by atoms with E-state index in [1.807, 2.05) is 26.0 Å². The molecule has 2 aromatic carbocycles. The fourth-order valence-corrected chi connectivity index (χ4v) is 4.88. The molecular weight excluding hydrogens is 563 g/mol. The maximum atomic E-state index is 14.1.